The van der Waals surface area contributed by atoms with Gasteiger partial charge in [0, 0.05) is 6.54 Å². The molecule has 1 aromatic carbocycles. The lowest BCUT2D eigenvalue weighted by molar-refractivity contribution is 0.484. The van der Waals surface area contributed by atoms with E-state index < -0.39 is 0 Å². The Morgan fingerprint density at radius 2 is 2.12 bits per heavy atom. The van der Waals surface area contributed by atoms with Crippen LogP contribution in [0.15, 0.2) is 40.8 Å². The Hall–Kier alpha value is -1.76. The lowest BCUT2D eigenvalue weighted by Crippen LogP contribution is -2.12. The average Bonchev–Trinajstić information content (AvgIpc) is 2.75. The van der Waals surface area contributed by atoms with Crippen molar-refractivity contribution in [1.29, 1.82) is 5.26 Å². The molecule has 0 unspecified atom stereocenters. The number of hydrogen-bond acceptors (Lipinski definition) is 3. The van der Waals surface area contributed by atoms with Gasteiger partial charge in [-0.25, -0.2) is 0 Å². The standard InChI is InChI=1S/C13H11ClN2O/c14-13-5-4-12(17-13)9-16-8-11-3-1-2-10(6-11)7-15/h1-6,16H,8-9H2. The lowest BCUT2D eigenvalue weighted by Gasteiger charge is -2.03. The lowest BCUT2D eigenvalue weighted by atomic mass is 10.1. The fraction of sp³-hybridized carbons (Fsp3) is 0.154. The number of halogens is 1. The summed E-state index contributed by atoms with van der Waals surface area (Å²) in [5.74, 6) is 0.798. The van der Waals surface area contributed by atoms with Crippen LogP contribution in [0.2, 0.25) is 5.22 Å². The van der Waals surface area contributed by atoms with Gasteiger partial charge in [-0.1, -0.05) is 12.1 Å². The summed E-state index contributed by atoms with van der Waals surface area (Å²) in [4.78, 5) is 0. The fourth-order valence-corrected chi connectivity index (χ4v) is 1.69. The first-order chi connectivity index (χ1) is 8.28. The molecule has 0 amide bonds. The maximum absolute atomic E-state index is 8.77. The molecule has 2 rings (SSSR count). The summed E-state index contributed by atoms with van der Waals surface area (Å²) in [5, 5.41) is 12.4. The van der Waals surface area contributed by atoms with E-state index in [0.29, 0.717) is 23.9 Å². The zero-order valence-electron chi connectivity index (χ0n) is 9.11. The summed E-state index contributed by atoms with van der Waals surface area (Å²) < 4.78 is 5.22. The molecule has 0 bridgehead atoms. The van der Waals surface area contributed by atoms with E-state index in [1.165, 1.54) is 0 Å². The molecule has 3 nitrogen and oxygen atoms in total. The summed E-state index contributed by atoms with van der Waals surface area (Å²) in [7, 11) is 0. The zero-order chi connectivity index (χ0) is 12.1. The highest BCUT2D eigenvalue weighted by molar-refractivity contribution is 6.28. The van der Waals surface area contributed by atoms with E-state index in [4.69, 9.17) is 21.3 Å². The number of nitrogens with zero attached hydrogens (tertiary/aromatic N) is 1. The molecule has 1 N–H and O–H groups in total. The van der Waals surface area contributed by atoms with Gasteiger partial charge in [0.1, 0.15) is 5.76 Å². The molecule has 0 saturated carbocycles. The second-order valence-electron chi connectivity index (χ2n) is 3.62. The van der Waals surface area contributed by atoms with Crippen LogP contribution in [0.5, 0.6) is 0 Å². The van der Waals surface area contributed by atoms with E-state index in [2.05, 4.69) is 11.4 Å². The number of nitrogens with one attached hydrogen (secondary N) is 1. The van der Waals surface area contributed by atoms with Crippen LogP contribution in [0.25, 0.3) is 0 Å². The fourth-order valence-electron chi connectivity index (χ4n) is 1.53. The second kappa shape index (κ2) is 5.53. The van der Waals surface area contributed by atoms with E-state index in [1.807, 2.05) is 24.3 Å². The molecule has 4 heteroatoms. The van der Waals surface area contributed by atoms with Crippen LogP contribution in [0.3, 0.4) is 0 Å². The molecule has 0 aliphatic carbocycles. The number of rotatable bonds is 4. The molecule has 1 aromatic heterocycles. The molecule has 86 valence electrons. The highest BCUT2D eigenvalue weighted by atomic mass is 35.5. The Morgan fingerprint density at radius 3 is 2.82 bits per heavy atom. The highest BCUT2D eigenvalue weighted by Gasteiger charge is 1.99. The average molecular weight is 247 g/mol. The molecule has 0 saturated heterocycles. The first-order valence-electron chi connectivity index (χ1n) is 5.22. The SMILES string of the molecule is N#Cc1cccc(CNCc2ccc(Cl)o2)c1. The summed E-state index contributed by atoms with van der Waals surface area (Å²) in [5.41, 5.74) is 1.74. The van der Waals surface area contributed by atoms with Crippen molar-refractivity contribution in [2.24, 2.45) is 0 Å². The monoisotopic (exact) mass is 246 g/mol. The summed E-state index contributed by atoms with van der Waals surface area (Å²) in [6, 6.07) is 13.2. The Morgan fingerprint density at radius 1 is 1.24 bits per heavy atom. The van der Waals surface area contributed by atoms with Crippen molar-refractivity contribution in [2.45, 2.75) is 13.1 Å². The third-order valence-corrected chi connectivity index (χ3v) is 2.52. The van der Waals surface area contributed by atoms with Gasteiger partial charge in [-0.05, 0) is 41.4 Å². The third-order valence-electron chi connectivity index (χ3n) is 2.31. The molecular formula is C13H11ClN2O. The predicted octanol–water partition coefficient (Wildman–Crippen LogP) is 3.09. The quantitative estimate of drug-likeness (QED) is 0.902. The van der Waals surface area contributed by atoms with Crippen LogP contribution in [0.4, 0.5) is 0 Å². The minimum atomic E-state index is 0.397. The van der Waals surface area contributed by atoms with Crippen molar-refractivity contribution in [2.75, 3.05) is 0 Å². The normalized spacial score (nSPS) is 10.1. The van der Waals surface area contributed by atoms with Gasteiger partial charge in [-0.3, -0.25) is 0 Å². The minimum absolute atomic E-state index is 0.397. The number of furan rings is 1. The number of hydrogen-bond donors (Lipinski definition) is 1. The molecule has 0 fully saturated rings. The van der Waals surface area contributed by atoms with Crippen molar-refractivity contribution in [1.82, 2.24) is 5.32 Å². The first kappa shape index (κ1) is 11.7. The van der Waals surface area contributed by atoms with E-state index in [9.17, 15) is 0 Å². The van der Waals surface area contributed by atoms with Gasteiger partial charge in [0.25, 0.3) is 0 Å². The van der Waals surface area contributed by atoms with E-state index in [0.717, 1.165) is 11.3 Å². The zero-order valence-corrected chi connectivity index (χ0v) is 9.87. The molecule has 2 aromatic rings. The molecule has 0 radical (unpaired) electrons. The smallest absolute Gasteiger partial charge is 0.193 e. The van der Waals surface area contributed by atoms with Crippen LogP contribution in [0, 0.1) is 11.3 Å². The molecule has 0 aliphatic rings. The number of benzene rings is 1. The Labute approximate surface area is 105 Å². The second-order valence-corrected chi connectivity index (χ2v) is 3.99. The molecule has 17 heavy (non-hydrogen) atoms. The van der Waals surface area contributed by atoms with E-state index in [-0.39, 0.29) is 0 Å². The summed E-state index contributed by atoms with van der Waals surface area (Å²) in [6.07, 6.45) is 0. The van der Waals surface area contributed by atoms with Crippen LogP contribution in [0.1, 0.15) is 16.9 Å². The number of nitriles is 1. The minimum Gasteiger partial charge on any atom is -0.448 e. The predicted molar refractivity (Wildman–Crippen MR) is 65.4 cm³/mol. The summed E-state index contributed by atoms with van der Waals surface area (Å²) >= 11 is 5.67. The van der Waals surface area contributed by atoms with Gasteiger partial charge in [-0.2, -0.15) is 5.26 Å². The van der Waals surface area contributed by atoms with Gasteiger partial charge in [-0.15, -0.1) is 0 Å². The highest BCUT2D eigenvalue weighted by Crippen LogP contribution is 2.12. The van der Waals surface area contributed by atoms with Crippen molar-refractivity contribution in [3.8, 4) is 6.07 Å². The van der Waals surface area contributed by atoms with E-state index in [1.54, 1.807) is 12.1 Å². The Bertz CT molecular complexity index is 542. The van der Waals surface area contributed by atoms with Crippen molar-refractivity contribution in [3.63, 3.8) is 0 Å². The maximum atomic E-state index is 8.77. The van der Waals surface area contributed by atoms with Gasteiger partial charge in [0.15, 0.2) is 5.22 Å². The molecule has 0 aliphatic heterocycles. The largest absolute Gasteiger partial charge is 0.448 e. The van der Waals surface area contributed by atoms with Crippen LogP contribution in [-0.4, -0.2) is 0 Å². The first-order valence-corrected chi connectivity index (χ1v) is 5.60. The summed E-state index contributed by atoms with van der Waals surface area (Å²) in [6.45, 7) is 1.30. The molecular weight excluding hydrogens is 236 g/mol. The van der Waals surface area contributed by atoms with Gasteiger partial charge in [0.05, 0.1) is 18.2 Å². The van der Waals surface area contributed by atoms with Crippen molar-refractivity contribution >= 4 is 11.6 Å². The van der Waals surface area contributed by atoms with Gasteiger partial charge >= 0.3 is 0 Å². The van der Waals surface area contributed by atoms with Gasteiger partial charge in [0.2, 0.25) is 0 Å². The molecule has 1 heterocycles. The van der Waals surface area contributed by atoms with Crippen LogP contribution < -0.4 is 5.32 Å². The third kappa shape index (κ3) is 3.35. The molecule has 0 spiro atoms. The maximum Gasteiger partial charge on any atom is 0.193 e. The van der Waals surface area contributed by atoms with Crippen LogP contribution in [-0.2, 0) is 13.1 Å². The van der Waals surface area contributed by atoms with Crippen molar-refractivity contribution < 1.29 is 4.42 Å². The molecule has 0 atom stereocenters. The Balaban J connectivity index is 1.88. The van der Waals surface area contributed by atoms with Crippen LogP contribution >= 0.6 is 11.6 Å². The Kier molecular flexibility index (Phi) is 3.81. The topological polar surface area (TPSA) is 49.0 Å². The van der Waals surface area contributed by atoms with Gasteiger partial charge < -0.3 is 9.73 Å². The van der Waals surface area contributed by atoms with Crippen molar-refractivity contribution in [3.05, 3.63) is 58.5 Å². The van der Waals surface area contributed by atoms with E-state index >= 15 is 0 Å².